The highest BCUT2D eigenvalue weighted by molar-refractivity contribution is 7.20. The molecule has 31 heavy (non-hydrogen) atoms. The normalized spacial score (nSPS) is 15.9. The summed E-state index contributed by atoms with van der Waals surface area (Å²) >= 11 is 1.33. The molecule has 0 aliphatic carbocycles. The summed E-state index contributed by atoms with van der Waals surface area (Å²) in [7, 11) is 0. The summed E-state index contributed by atoms with van der Waals surface area (Å²) in [5.74, 6) is -1.06. The van der Waals surface area contributed by atoms with E-state index in [-0.39, 0.29) is 17.7 Å². The molecule has 4 rings (SSSR count). The summed E-state index contributed by atoms with van der Waals surface area (Å²) in [4.78, 5) is 42.0. The molecule has 2 N–H and O–H groups in total. The minimum atomic E-state index is -0.700. The number of esters is 1. The van der Waals surface area contributed by atoms with Gasteiger partial charge in [-0.3, -0.25) is 15.0 Å². The van der Waals surface area contributed by atoms with E-state index in [0.29, 0.717) is 22.9 Å². The molecule has 0 spiro atoms. The van der Waals surface area contributed by atoms with E-state index < -0.39 is 11.9 Å². The van der Waals surface area contributed by atoms with E-state index in [9.17, 15) is 14.4 Å². The first-order valence-electron chi connectivity index (χ1n) is 9.72. The van der Waals surface area contributed by atoms with E-state index >= 15 is 0 Å². The van der Waals surface area contributed by atoms with Crippen LogP contribution in [0.2, 0.25) is 0 Å². The quantitative estimate of drug-likeness (QED) is 0.598. The fourth-order valence-corrected chi connectivity index (χ4v) is 4.05. The Labute approximate surface area is 182 Å². The van der Waals surface area contributed by atoms with Gasteiger partial charge in [-0.25, -0.2) is 14.8 Å². The van der Waals surface area contributed by atoms with E-state index in [4.69, 9.17) is 4.74 Å². The molecule has 9 heteroatoms. The molecule has 0 bridgehead atoms. The fraction of sp³-hybridized carbons (Fsp3) is 0.182. The van der Waals surface area contributed by atoms with E-state index in [0.717, 1.165) is 10.1 Å². The van der Waals surface area contributed by atoms with Gasteiger partial charge in [0.15, 0.2) is 0 Å². The molecule has 1 unspecified atom stereocenters. The molecule has 3 aromatic rings. The number of aliphatic imine (C=N–C) groups is 1. The van der Waals surface area contributed by atoms with Crippen molar-refractivity contribution in [1.29, 1.82) is 0 Å². The maximum atomic E-state index is 12.8. The average Bonchev–Trinajstić information content (AvgIpc) is 3.20. The molecule has 1 atom stereocenters. The third kappa shape index (κ3) is 4.26. The number of fused-ring (bicyclic) bond motifs is 1. The van der Waals surface area contributed by atoms with Crippen LogP contribution in [0.15, 0.2) is 59.6 Å². The maximum absolute atomic E-state index is 12.8. The van der Waals surface area contributed by atoms with Crippen LogP contribution in [0, 0.1) is 0 Å². The molecule has 2 amide bonds. The van der Waals surface area contributed by atoms with Gasteiger partial charge >= 0.3 is 5.97 Å². The van der Waals surface area contributed by atoms with Crippen molar-refractivity contribution in [2.45, 2.75) is 19.9 Å². The smallest absolute Gasteiger partial charge is 0.348 e. The summed E-state index contributed by atoms with van der Waals surface area (Å²) in [6, 6.07) is 15.4. The molecule has 0 saturated carbocycles. The Kier molecular flexibility index (Phi) is 5.68. The lowest BCUT2D eigenvalue weighted by molar-refractivity contribution is -0.120. The van der Waals surface area contributed by atoms with E-state index in [2.05, 4.69) is 15.7 Å². The van der Waals surface area contributed by atoms with Gasteiger partial charge in [-0.15, -0.1) is 11.3 Å². The number of benzene rings is 2. The Hall–Kier alpha value is -3.72. The van der Waals surface area contributed by atoms with Crippen molar-refractivity contribution >= 4 is 56.4 Å². The van der Waals surface area contributed by atoms with Crippen molar-refractivity contribution in [2.24, 2.45) is 4.99 Å². The van der Waals surface area contributed by atoms with Crippen LogP contribution in [0.25, 0.3) is 10.1 Å². The van der Waals surface area contributed by atoms with Crippen molar-refractivity contribution in [1.82, 2.24) is 5.43 Å². The maximum Gasteiger partial charge on any atom is 0.348 e. The van der Waals surface area contributed by atoms with Crippen molar-refractivity contribution < 1.29 is 19.1 Å². The number of para-hydroxylation sites is 1. The highest BCUT2D eigenvalue weighted by Crippen LogP contribution is 2.29. The van der Waals surface area contributed by atoms with Crippen molar-refractivity contribution in [3.05, 3.63) is 59.5 Å². The number of anilines is 2. The first-order chi connectivity index (χ1) is 15.0. The Morgan fingerprint density at radius 1 is 1.19 bits per heavy atom. The number of hydrogen-bond donors (Lipinski definition) is 2. The van der Waals surface area contributed by atoms with Gasteiger partial charge in [0.25, 0.3) is 11.8 Å². The first-order valence-corrected chi connectivity index (χ1v) is 10.5. The Morgan fingerprint density at radius 2 is 1.97 bits per heavy atom. The molecule has 158 valence electrons. The molecular weight excluding hydrogens is 416 g/mol. The van der Waals surface area contributed by atoms with Crippen LogP contribution in [0.3, 0.4) is 0 Å². The van der Waals surface area contributed by atoms with Gasteiger partial charge in [-0.05, 0) is 55.6 Å². The molecule has 1 aromatic heterocycles. The standard InChI is InChI=1S/C22H20N4O4S/c1-3-30-22(29)18-12-14-11-15(9-10-17(14)31-18)24-20(27)19-23-13(2)21(28)26(25-19)16-7-5-4-6-8-16/h4-13H,3H2,1-2H3,(H,23,25)(H,24,27). The number of amidine groups is 1. The van der Waals surface area contributed by atoms with Crippen LogP contribution in [0.5, 0.6) is 0 Å². The third-order valence-corrected chi connectivity index (χ3v) is 5.69. The minimum absolute atomic E-state index is 0.0357. The number of nitrogens with zero attached hydrogens (tertiary/aromatic N) is 2. The zero-order valence-corrected chi connectivity index (χ0v) is 17.7. The second kappa shape index (κ2) is 8.57. The topological polar surface area (TPSA) is 100 Å². The second-order valence-corrected chi connectivity index (χ2v) is 7.90. The minimum Gasteiger partial charge on any atom is -0.462 e. The number of hydrazine groups is 1. The van der Waals surface area contributed by atoms with Gasteiger partial charge in [0.2, 0.25) is 5.84 Å². The Bertz CT molecular complexity index is 1190. The monoisotopic (exact) mass is 436 g/mol. The number of hydrogen-bond acceptors (Lipinski definition) is 7. The molecular formula is C22H20N4O4S. The molecule has 0 fully saturated rings. The van der Waals surface area contributed by atoms with Gasteiger partial charge in [0.05, 0.1) is 12.3 Å². The predicted molar refractivity (Wildman–Crippen MR) is 120 cm³/mol. The van der Waals surface area contributed by atoms with Crippen molar-refractivity contribution in [3.63, 3.8) is 0 Å². The lowest BCUT2D eigenvalue weighted by atomic mass is 10.2. The van der Waals surface area contributed by atoms with Gasteiger partial charge in [0.1, 0.15) is 10.9 Å². The number of rotatable bonds is 5. The second-order valence-electron chi connectivity index (χ2n) is 6.81. The van der Waals surface area contributed by atoms with Gasteiger partial charge in [-0.2, -0.15) is 0 Å². The fourth-order valence-electron chi connectivity index (χ4n) is 3.12. The number of nitrogens with one attached hydrogen (secondary N) is 2. The third-order valence-electron chi connectivity index (χ3n) is 4.60. The largest absolute Gasteiger partial charge is 0.462 e. The van der Waals surface area contributed by atoms with E-state index in [1.54, 1.807) is 56.3 Å². The molecule has 8 nitrogen and oxygen atoms in total. The van der Waals surface area contributed by atoms with Gasteiger partial charge < -0.3 is 10.1 Å². The SMILES string of the molecule is CCOC(=O)c1cc2cc(NC(=O)C3=NC(C)C(=O)N(c4ccccc4)N3)ccc2s1. The number of amides is 2. The van der Waals surface area contributed by atoms with Crippen LogP contribution < -0.4 is 15.8 Å². The van der Waals surface area contributed by atoms with Crippen LogP contribution in [0.1, 0.15) is 23.5 Å². The van der Waals surface area contributed by atoms with Gasteiger partial charge in [-0.1, -0.05) is 18.2 Å². The van der Waals surface area contributed by atoms with Crippen molar-refractivity contribution in [3.8, 4) is 0 Å². The molecule has 0 saturated heterocycles. The summed E-state index contributed by atoms with van der Waals surface area (Å²) < 4.78 is 5.95. The van der Waals surface area contributed by atoms with E-state index in [1.807, 2.05) is 12.1 Å². The highest BCUT2D eigenvalue weighted by atomic mass is 32.1. The van der Waals surface area contributed by atoms with Gasteiger partial charge in [0, 0.05) is 10.4 Å². The predicted octanol–water partition coefficient (Wildman–Crippen LogP) is 3.35. The summed E-state index contributed by atoms with van der Waals surface area (Å²) in [5, 5.41) is 4.93. The number of carbonyl (C=O) groups is 3. The Morgan fingerprint density at radius 3 is 2.71 bits per heavy atom. The van der Waals surface area contributed by atoms with Crippen LogP contribution in [-0.2, 0) is 14.3 Å². The molecule has 2 heterocycles. The number of thiophene rings is 1. The number of carbonyl (C=O) groups excluding carboxylic acids is 3. The number of ether oxygens (including phenoxy) is 1. The van der Waals surface area contributed by atoms with Crippen LogP contribution >= 0.6 is 11.3 Å². The summed E-state index contributed by atoms with van der Waals surface area (Å²) in [6.45, 7) is 3.71. The highest BCUT2D eigenvalue weighted by Gasteiger charge is 2.30. The molecule has 0 radical (unpaired) electrons. The molecule has 2 aromatic carbocycles. The zero-order valence-electron chi connectivity index (χ0n) is 16.9. The molecule has 1 aliphatic rings. The van der Waals surface area contributed by atoms with Crippen LogP contribution in [0.4, 0.5) is 11.4 Å². The summed E-state index contributed by atoms with van der Waals surface area (Å²) in [6.07, 6.45) is 0. The first kappa shape index (κ1) is 20.5. The lowest BCUT2D eigenvalue weighted by Gasteiger charge is -2.30. The average molecular weight is 436 g/mol. The van der Waals surface area contributed by atoms with Crippen LogP contribution in [-0.4, -0.2) is 36.3 Å². The van der Waals surface area contributed by atoms with E-state index in [1.165, 1.54) is 16.3 Å². The van der Waals surface area contributed by atoms with Crippen molar-refractivity contribution in [2.75, 3.05) is 16.9 Å². The zero-order chi connectivity index (χ0) is 22.0. The Balaban J connectivity index is 1.53. The summed E-state index contributed by atoms with van der Waals surface area (Å²) in [5.41, 5.74) is 3.97. The molecule has 1 aliphatic heterocycles. The lowest BCUT2D eigenvalue weighted by Crippen LogP contribution is -2.57.